The van der Waals surface area contributed by atoms with Crippen molar-refractivity contribution in [2.75, 3.05) is 5.43 Å². The third kappa shape index (κ3) is 2.63. The van der Waals surface area contributed by atoms with Crippen molar-refractivity contribution in [3.63, 3.8) is 0 Å². The van der Waals surface area contributed by atoms with E-state index in [1.54, 1.807) is 12.1 Å². The van der Waals surface area contributed by atoms with Crippen molar-refractivity contribution < 1.29 is 9.90 Å². The van der Waals surface area contributed by atoms with E-state index >= 15 is 0 Å². The van der Waals surface area contributed by atoms with Crippen molar-refractivity contribution >= 4 is 23.5 Å². The minimum Gasteiger partial charge on any atom is -0.464 e. The molecule has 0 fully saturated rings. The van der Waals surface area contributed by atoms with Gasteiger partial charge in [0.05, 0.1) is 5.02 Å². The number of hydrogen-bond donors (Lipinski definition) is 3. The van der Waals surface area contributed by atoms with Gasteiger partial charge in [-0.25, -0.2) is 15.2 Å². The maximum absolute atomic E-state index is 10.0. The van der Waals surface area contributed by atoms with Gasteiger partial charge in [0.15, 0.2) is 0 Å². The number of nitrogens with one attached hydrogen (secondary N) is 2. The molecule has 0 spiro atoms. The van der Waals surface area contributed by atoms with Gasteiger partial charge in [-0.3, -0.25) is 5.43 Å². The minimum absolute atomic E-state index is 0.391. The molecule has 0 saturated carbocycles. The van der Waals surface area contributed by atoms with Crippen molar-refractivity contribution in [1.29, 1.82) is 0 Å². The van der Waals surface area contributed by atoms with E-state index in [4.69, 9.17) is 16.7 Å². The van der Waals surface area contributed by atoms with E-state index in [9.17, 15) is 4.79 Å². The Bertz CT molecular complexity index is 275. The molecule has 1 rings (SSSR count). The van der Waals surface area contributed by atoms with E-state index in [2.05, 4.69) is 10.4 Å². The van der Waals surface area contributed by atoms with E-state index in [0.29, 0.717) is 10.8 Å². The standard InChI is InChI=1S/C6H6ClN3O2/c7-4-1-2-5(8-3-4)9-10-6(11)12/h1-3,10H,(H,8,9)(H,11,12). The van der Waals surface area contributed by atoms with Gasteiger partial charge in [0.25, 0.3) is 0 Å². The van der Waals surface area contributed by atoms with E-state index in [-0.39, 0.29) is 0 Å². The smallest absolute Gasteiger partial charge is 0.423 e. The van der Waals surface area contributed by atoms with Crippen LogP contribution in [-0.2, 0) is 0 Å². The molecule has 1 amide bonds. The Morgan fingerprint density at radius 1 is 1.58 bits per heavy atom. The molecule has 0 saturated heterocycles. The number of hydrogen-bond acceptors (Lipinski definition) is 3. The first-order valence-electron chi connectivity index (χ1n) is 3.05. The minimum atomic E-state index is -1.17. The van der Waals surface area contributed by atoms with Crippen LogP contribution in [0.5, 0.6) is 0 Å². The third-order valence-corrected chi connectivity index (χ3v) is 1.25. The molecule has 0 aliphatic rings. The molecule has 6 heteroatoms. The average molecular weight is 188 g/mol. The zero-order valence-electron chi connectivity index (χ0n) is 5.91. The van der Waals surface area contributed by atoms with Crippen molar-refractivity contribution in [2.45, 2.75) is 0 Å². The second-order valence-electron chi connectivity index (χ2n) is 1.92. The summed E-state index contributed by atoms with van der Waals surface area (Å²) in [7, 11) is 0. The van der Waals surface area contributed by atoms with Gasteiger partial charge in [-0.1, -0.05) is 11.6 Å². The monoisotopic (exact) mass is 187 g/mol. The molecule has 12 heavy (non-hydrogen) atoms. The number of aromatic nitrogens is 1. The number of amides is 1. The Morgan fingerprint density at radius 3 is 2.83 bits per heavy atom. The fourth-order valence-electron chi connectivity index (χ4n) is 0.567. The van der Waals surface area contributed by atoms with Crippen LogP contribution < -0.4 is 10.9 Å². The van der Waals surface area contributed by atoms with Crippen LogP contribution >= 0.6 is 11.6 Å². The quantitative estimate of drug-likeness (QED) is 0.611. The van der Waals surface area contributed by atoms with Crippen LogP contribution in [0, 0.1) is 0 Å². The summed E-state index contributed by atoms with van der Waals surface area (Å²) in [6.45, 7) is 0. The maximum atomic E-state index is 10.0. The molecule has 0 aromatic carbocycles. The van der Waals surface area contributed by atoms with Crippen molar-refractivity contribution in [3.8, 4) is 0 Å². The second kappa shape index (κ2) is 3.77. The van der Waals surface area contributed by atoms with Crippen molar-refractivity contribution in [2.24, 2.45) is 0 Å². The highest BCUT2D eigenvalue weighted by atomic mass is 35.5. The number of carbonyl (C=O) groups is 1. The molecule has 64 valence electrons. The number of pyridine rings is 1. The highest BCUT2D eigenvalue weighted by Gasteiger charge is 1.94. The van der Waals surface area contributed by atoms with Gasteiger partial charge in [0.2, 0.25) is 0 Å². The van der Waals surface area contributed by atoms with Gasteiger partial charge in [-0.05, 0) is 12.1 Å². The number of carboxylic acid groups (broad SMARTS) is 1. The van der Waals surface area contributed by atoms with Crippen LogP contribution in [0.15, 0.2) is 18.3 Å². The molecule has 1 heterocycles. The maximum Gasteiger partial charge on any atom is 0.423 e. The second-order valence-corrected chi connectivity index (χ2v) is 2.35. The van der Waals surface area contributed by atoms with E-state index in [1.165, 1.54) is 6.20 Å². The van der Waals surface area contributed by atoms with Crippen molar-refractivity contribution in [1.82, 2.24) is 10.4 Å². The van der Waals surface area contributed by atoms with E-state index in [0.717, 1.165) is 0 Å². The molecular formula is C6H6ClN3O2. The number of nitrogens with zero attached hydrogens (tertiary/aromatic N) is 1. The predicted molar refractivity (Wildman–Crippen MR) is 44.0 cm³/mol. The van der Waals surface area contributed by atoms with Gasteiger partial charge >= 0.3 is 6.09 Å². The molecule has 1 aromatic rings. The normalized spacial score (nSPS) is 9.08. The summed E-state index contributed by atoms with van der Waals surface area (Å²) in [5.74, 6) is 0.391. The molecule has 0 aliphatic heterocycles. The summed E-state index contributed by atoms with van der Waals surface area (Å²) in [4.78, 5) is 13.8. The van der Waals surface area contributed by atoms with Crippen LogP contribution in [0.4, 0.5) is 10.6 Å². The number of rotatable bonds is 2. The Morgan fingerprint density at radius 2 is 2.33 bits per heavy atom. The number of halogens is 1. The Kier molecular flexibility index (Phi) is 2.71. The largest absolute Gasteiger partial charge is 0.464 e. The summed E-state index contributed by atoms with van der Waals surface area (Å²) in [6, 6.07) is 3.15. The fourth-order valence-corrected chi connectivity index (χ4v) is 0.679. The number of anilines is 1. The van der Waals surface area contributed by atoms with Crippen LogP contribution in [0.3, 0.4) is 0 Å². The van der Waals surface area contributed by atoms with Gasteiger partial charge in [0.1, 0.15) is 5.82 Å². The topological polar surface area (TPSA) is 74.2 Å². The van der Waals surface area contributed by atoms with Crippen LogP contribution in [0.1, 0.15) is 0 Å². The van der Waals surface area contributed by atoms with Crippen LogP contribution in [0.25, 0.3) is 0 Å². The summed E-state index contributed by atoms with van der Waals surface area (Å²) in [5, 5.41) is 8.70. The van der Waals surface area contributed by atoms with Gasteiger partial charge in [-0.15, -0.1) is 0 Å². The summed E-state index contributed by atoms with van der Waals surface area (Å²) < 4.78 is 0. The molecule has 0 aliphatic carbocycles. The third-order valence-electron chi connectivity index (χ3n) is 1.02. The first-order valence-corrected chi connectivity index (χ1v) is 3.43. The zero-order chi connectivity index (χ0) is 8.97. The highest BCUT2D eigenvalue weighted by molar-refractivity contribution is 6.30. The summed E-state index contributed by atoms with van der Waals surface area (Å²) in [6.07, 6.45) is 0.236. The molecule has 1 aromatic heterocycles. The molecule has 0 radical (unpaired) electrons. The SMILES string of the molecule is O=C(O)NNc1ccc(Cl)cn1. The van der Waals surface area contributed by atoms with Gasteiger partial charge in [-0.2, -0.15) is 0 Å². The zero-order valence-corrected chi connectivity index (χ0v) is 6.67. The number of hydrazine groups is 1. The molecular weight excluding hydrogens is 182 g/mol. The van der Waals surface area contributed by atoms with Gasteiger partial charge in [0, 0.05) is 6.20 Å². The van der Waals surface area contributed by atoms with E-state index < -0.39 is 6.09 Å². The van der Waals surface area contributed by atoms with Gasteiger partial charge < -0.3 is 5.11 Å². The highest BCUT2D eigenvalue weighted by Crippen LogP contribution is 2.08. The summed E-state index contributed by atoms with van der Waals surface area (Å²) in [5.41, 5.74) is 4.29. The molecule has 0 atom stereocenters. The first-order chi connectivity index (χ1) is 5.68. The lowest BCUT2D eigenvalue weighted by molar-refractivity contribution is 0.197. The molecule has 3 N–H and O–H groups in total. The van der Waals surface area contributed by atoms with Crippen LogP contribution in [0.2, 0.25) is 5.02 Å². The molecule has 0 unspecified atom stereocenters. The lowest BCUT2D eigenvalue weighted by Gasteiger charge is -2.02. The molecule has 0 bridgehead atoms. The van der Waals surface area contributed by atoms with E-state index in [1.807, 2.05) is 5.43 Å². The predicted octanol–water partition coefficient (Wildman–Crippen LogP) is 1.33. The molecule has 5 nitrogen and oxygen atoms in total. The Hall–Kier alpha value is -1.49. The Labute approximate surface area is 73.3 Å². The fraction of sp³-hybridized carbons (Fsp3) is 0. The lowest BCUT2D eigenvalue weighted by atomic mass is 10.5. The van der Waals surface area contributed by atoms with Crippen LogP contribution in [-0.4, -0.2) is 16.2 Å². The first kappa shape index (κ1) is 8.61. The summed E-state index contributed by atoms with van der Waals surface area (Å²) >= 11 is 5.55. The Balaban J connectivity index is 2.53. The lowest BCUT2D eigenvalue weighted by Crippen LogP contribution is -2.27. The average Bonchev–Trinajstić information content (AvgIpc) is 2.03. The van der Waals surface area contributed by atoms with Crippen molar-refractivity contribution in [3.05, 3.63) is 23.4 Å².